The van der Waals surface area contributed by atoms with Gasteiger partial charge in [0.25, 0.3) is 18.6 Å². The molecule has 262 valence electrons. The highest BCUT2D eigenvalue weighted by atomic mass is 28.5. The molecule has 0 aliphatic heterocycles. The summed E-state index contributed by atoms with van der Waals surface area (Å²) in [5.74, 6) is 0. The van der Waals surface area contributed by atoms with Gasteiger partial charge in [0.15, 0.2) is 33.3 Å². The maximum absolute atomic E-state index is 6.75. The lowest BCUT2D eigenvalue weighted by Crippen LogP contribution is -2.56. The smallest absolute Gasteiger partial charge is 0.315 e. The van der Waals surface area contributed by atoms with Gasteiger partial charge in [0.1, 0.15) is 0 Å². The Kier molecular flexibility index (Phi) is 21.3. The normalized spacial score (nSPS) is 16.7. The molecule has 0 aromatic carbocycles. The molecule has 0 aliphatic rings. The van der Waals surface area contributed by atoms with Gasteiger partial charge < -0.3 is 28.8 Å². The lowest BCUT2D eigenvalue weighted by molar-refractivity contribution is 0.305. The van der Waals surface area contributed by atoms with Crippen molar-refractivity contribution in [2.24, 2.45) is 0 Å². The largest absolute Gasteiger partial charge is 0.439 e. The summed E-state index contributed by atoms with van der Waals surface area (Å²) in [4.78, 5) is 0. The monoisotopic (exact) mass is 764 g/mol. The van der Waals surface area contributed by atoms with E-state index in [9.17, 15) is 0 Å². The summed E-state index contributed by atoms with van der Waals surface area (Å²) in [7, 11) is -15.9. The van der Waals surface area contributed by atoms with Gasteiger partial charge in [-0.1, -0.05) is 45.4 Å². The molecule has 0 amide bonds. The van der Waals surface area contributed by atoms with Gasteiger partial charge in [-0.15, -0.1) is 0 Å². The van der Waals surface area contributed by atoms with Crippen molar-refractivity contribution in [2.45, 2.75) is 176 Å². The SMILES string of the molecule is CCCCCCCC[Si](C)(O[Si](C)(C)C)O[Si](C)(C)O[SiH](C)O[Si](C)(C)C.C[SiH](O[Si](C)(C)C)O[Si](C)(C)O[Si](C)(C)C. The molecule has 0 aromatic heterocycles. The molecule has 0 spiro atoms. The summed E-state index contributed by atoms with van der Waals surface area (Å²) in [5.41, 5.74) is 0. The topological polar surface area (TPSA) is 64.6 Å². The number of unbranched alkanes of at least 4 members (excludes halogenated alkanes) is 5. The fraction of sp³-hybridized carbons (Fsp3) is 1.00. The van der Waals surface area contributed by atoms with Crippen LogP contribution in [0.4, 0.5) is 0 Å². The summed E-state index contributed by atoms with van der Waals surface area (Å²) < 4.78 is 44.3. The van der Waals surface area contributed by atoms with Crippen LogP contribution in [-0.2, 0) is 28.8 Å². The predicted molar refractivity (Wildman–Crippen MR) is 212 cm³/mol. The van der Waals surface area contributed by atoms with E-state index in [4.69, 9.17) is 28.8 Å². The summed E-state index contributed by atoms with van der Waals surface area (Å²) in [5, 5.41) is 0. The van der Waals surface area contributed by atoms with Crippen LogP contribution in [0.2, 0.25) is 130 Å². The second-order valence-corrected chi connectivity index (χ2v) is 50.6. The first kappa shape index (κ1) is 46.8. The van der Waals surface area contributed by atoms with E-state index in [0.717, 1.165) is 6.04 Å². The van der Waals surface area contributed by atoms with E-state index in [0.29, 0.717) is 0 Å². The summed E-state index contributed by atoms with van der Waals surface area (Å²) in [6.07, 6.45) is 7.83. The van der Waals surface area contributed by atoms with E-state index in [1.54, 1.807) is 0 Å². The van der Waals surface area contributed by atoms with Crippen molar-refractivity contribution < 1.29 is 28.8 Å². The molecule has 3 unspecified atom stereocenters. The van der Waals surface area contributed by atoms with Gasteiger partial charge in [-0.05, 0) is 130 Å². The van der Waals surface area contributed by atoms with Crippen LogP contribution >= 0.6 is 0 Å². The highest BCUT2D eigenvalue weighted by molar-refractivity contribution is 6.88. The lowest BCUT2D eigenvalue weighted by Gasteiger charge is -2.40. The quantitative estimate of drug-likeness (QED) is 0.0852. The van der Waals surface area contributed by atoms with Gasteiger partial charge in [-0.2, -0.15) is 0 Å². The molecule has 0 rings (SSSR count). The van der Waals surface area contributed by atoms with Crippen LogP contribution in [-0.4, -0.2) is 77.5 Å². The van der Waals surface area contributed by atoms with Crippen molar-refractivity contribution in [1.29, 1.82) is 0 Å². The van der Waals surface area contributed by atoms with E-state index < -0.39 is 77.5 Å². The zero-order valence-corrected chi connectivity index (χ0v) is 41.8. The van der Waals surface area contributed by atoms with Gasteiger partial charge in [0.2, 0.25) is 0 Å². The molecule has 3 atom stereocenters. The standard InChI is InChI=1S/C18H48O4Si5.C9H28O3Si4/c1-12-13-14-15-16-17-18-27(11,21-25(6,7)8)22-26(9,10)20-23(2)19-24(3,4)5;1-13(10-14(2,3)4)11-16(8,9)12-15(5,6)7/h23H,12-18H2,1-11H3;13H,1-9H3. The van der Waals surface area contributed by atoms with Gasteiger partial charge >= 0.3 is 25.7 Å². The molecule has 7 nitrogen and oxygen atoms in total. The molecular formula is C27H76O7Si9. The zero-order valence-electron chi connectivity index (χ0n) is 32.5. The van der Waals surface area contributed by atoms with Crippen LogP contribution in [0.15, 0.2) is 0 Å². The Morgan fingerprint density at radius 2 is 0.744 bits per heavy atom. The minimum Gasteiger partial charge on any atom is -0.439 e. The molecular weight excluding hydrogens is 689 g/mol. The first-order chi connectivity index (χ1) is 18.9. The Morgan fingerprint density at radius 1 is 0.395 bits per heavy atom. The highest BCUT2D eigenvalue weighted by Crippen LogP contribution is 2.28. The lowest BCUT2D eigenvalue weighted by atomic mass is 10.1. The Balaban J connectivity index is 0. The number of rotatable bonds is 21. The van der Waals surface area contributed by atoms with Gasteiger partial charge in [0, 0.05) is 0 Å². The first-order valence-corrected chi connectivity index (χ1v) is 42.7. The molecule has 0 heterocycles. The molecule has 0 saturated heterocycles. The van der Waals surface area contributed by atoms with Gasteiger partial charge in [-0.3, -0.25) is 0 Å². The Morgan fingerprint density at radius 3 is 1.09 bits per heavy atom. The molecule has 43 heavy (non-hydrogen) atoms. The average Bonchev–Trinajstić information content (AvgIpc) is 2.62. The Bertz CT molecular complexity index is 749. The van der Waals surface area contributed by atoms with Crippen molar-refractivity contribution in [3.8, 4) is 0 Å². The maximum Gasteiger partial charge on any atom is 0.315 e. The summed E-state index contributed by atoms with van der Waals surface area (Å²) in [6.45, 7) is 44.1. The Hall–Kier alpha value is 1.67. The first-order valence-electron chi connectivity index (χ1n) is 16.7. The Labute approximate surface area is 280 Å². The van der Waals surface area contributed by atoms with Crippen LogP contribution < -0.4 is 0 Å². The fourth-order valence-corrected chi connectivity index (χ4v) is 39.5. The third-order valence-corrected chi connectivity index (χ3v) is 34.5. The minimum atomic E-state index is -2.26. The molecule has 0 bridgehead atoms. The third kappa shape index (κ3) is 32.0. The van der Waals surface area contributed by atoms with Crippen LogP contribution in [0.25, 0.3) is 0 Å². The van der Waals surface area contributed by atoms with E-state index in [1.807, 2.05) is 0 Å². The van der Waals surface area contributed by atoms with E-state index in [-0.39, 0.29) is 0 Å². The molecule has 0 saturated carbocycles. The van der Waals surface area contributed by atoms with Crippen LogP contribution in [0.1, 0.15) is 45.4 Å². The number of hydrogen-bond donors (Lipinski definition) is 0. The summed E-state index contributed by atoms with van der Waals surface area (Å²) >= 11 is 0. The molecule has 0 radical (unpaired) electrons. The van der Waals surface area contributed by atoms with Gasteiger partial charge in [-0.25, -0.2) is 0 Å². The predicted octanol–water partition coefficient (Wildman–Crippen LogP) is 9.97. The van der Waals surface area contributed by atoms with Crippen molar-refractivity contribution >= 4 is 77.5 Å². The van der Waals surface area contributed by atoms with E-state index in [1.165, 1.54) is 38.5 Å². The van der Waals surface area contributed by atoms with E-state index in [2.05, 4.69) is 131 Å². The molecule has 0 aliphatic carbocycles. The average molecular weight is 766 g/mol. The second kappa shape index (κ2) is 19.6. The zero-order chi connectivity index (χ0) is 34.6. The molecule has 0 N–H and O–H groups in total. The van der Waals surface area contributed by atoms with Crippen molar-refractivity contribution in [1.82, 2.24) is 0 Å². The third-order valence-electron chi connectivity index (χ3n) is 5.46. The van der Waals surface area contributed by atoms with E-state index >= 15 is 0 Å². The molecule has 16 heteroatoms. The van der Waals surface area contributed by atoms with Crippen molar-refractivity contribution in [2.75, 3.05) is 0 Å². The van der Waals surface area contributed by atoms with Crippen molar-refractivity contribution in [3.63, 3.8) is 0 Å². The summed E-state index contributed by atoms with van der Waals surface area (Å²) in [6, 6.07) is 1.08. The number of hydrogen-bond acceptors (Lipinski definition) is 7. The molecule has 0 aromatic rings. The molecule has 0 fully saturated rings. The van der Waals surface area contributed by atoms with Crippen LogP contribution in [0.3, 0.4) is 0 Å². The minimum absolute atomic E-state index is 1.08. The van der Waals surface area contributed by atoms with Gasteiger partial charge in [0.05, 0.1) is 0 Å². The van der Waals surface area contributed by atoms with Crippen LogP contribution in [0, 0.1) is 0 Å². The van der Waals surface area contributed by atoms with Crippen LogP contribution in [0.5, 0.6) is 0 Å². The van der Waals surface area contributed by atoms with Crippen molar-refractivity contribution in [3.05, 3.63) is 0 Å². The fourth-order valence-electron chi connectivity index (χ4n) is 5.15. The second-order valence-electron chi connectivity index (χ2n) is 16.8. The maximum atomic E-state index is 6.75. The highest BCUT2D eigenvalue weighted by Gasteiger charge is 2.43.